The van der Waals surface area contributed by atoms with Gasteiger partial charge in [0.05, 0.1) is 11.6 Å². The maximum Gasteiger partial charge on any atom is 0.239 e. The average molecular weight is 336 g/mol. The van der Waals surface area contributed by atoms with Gasteiger partial charge < -0.3 is 4.90 Å². The van der Waals surface area contributed by atoms with Crippen LogP contribution in [0.15, 0.2) is 36.7 Å². The molecule has 3 aliphatic rings. The summed E-state index contributed by atoms with van der Waals surface area (Å²) in [5.41, 5.74) is 3.28. The minimum Gasteiger partial charge on any atom is -0.311 e. The van der Waals surface area contributed by atoms with Crippen LogP contribution >= 0.6 is 0 Å². The Kier molecular flexibility index (Phi) is 3.29. The molecule has 0 N–H and O–H groups in total. The smallest absolute Gasteiger partial charge is 0.239 e. The van der Waals surface area contributed by atoms with E-state index in [1.807, 2.05) is 17.9 Å². The maximum atomic E-state index is 13.4. The molecule has 5 rings (SSSR count). The van der Waals surface area contributed by atoms with Gasteiger partial charge in [0.1, 0.15) is 0 Å². The summed E-state index contributed by atoms with van der Waals surface area (Å²) in [6, 6.07) is 8.45. The number of aryl methyl sites for hydroxylation is 1. The fourth-order valence-corrected chi connectivity index (χ4v) is 4.57. The third kappa shape index (κ3) is 2.41. The average Bonchev–Trinajstić information content (AvgIpc) is 3.12. The van der Waals surface area contributed by atoms with Crippen LogP contribution in [0.5, 0.6) is 0 Å². The highest BCUT2D eigenvalue weighted by molar-refractivity contribution is 6.08. The van der Waals surface area contributed by atoms with Crippen LogP contribution in [0.4, 0.5) is 5.69 Å². The number of hydrogen-bond donors (Lipinski definition) is 0. The van der Waals surface area contributed by atoms with Crippen LogP contribution in [0.25, 0.3) is 0 Å². The summed E-state index contributed by atoms with van der Waals surface area (Å²) in [5, 5.41) is 4.27. The molecule has 5 nitrogen and oxygen atoms in total. The second-order valence-electron chi connectivity index (χ2n) is 7.94. The fraction of sp³-hybridized carbons (Fsp3) is 0.500. The summed E-state index contributed by atoms with van der Waals surface area (Å²) in [6.45, 7) is 3.55. The van der Waals surface area contributed by atoms with Crippen molar-refractivity contribution in [2.75, 3.05) is 24.5 Å². The molecule has 3 heterocycles. The maximum absolute atomic E-state index is 13.4. The van der Waals surface area contributed by atoms with E-state index in [-0.39, 0.29) is 5.41 Å². The number of anilines is 1. The molecule has 1 amide bonds. The summed E-state index contributed by atoms with van der Waals surface area (Å²) in [6.07, 6.45) is 7.45. The molecule has 1 saturated carbocycles. The van der Waals surface area contributed by atoms with Gasteiger partial charge >= 0.3 is 0 Å². The Morgan fingerprint density at radius 1 is 1.28 bits per heavy atom. The fourth-order valence-electron chi connectivity index (χ4n) is 4.57. The van der Waals surface area contributed by atoms with Crippen LogP contribution in [-0.4, -0.2) is 40.2 Å². The molecule has 1 aromatic heterocycles. The van der Waals surface area contributed by atoms with Gasteiger partial charge in [-0.15, -0.1) is 0 Å². The van der Waals surface area contributed by atoms with Crippen LogP contribution in [0, 0.1) is 5.92 Å². The third-order valence-electron chi connectivity index (χ3n) is 6.02. The van der Waals surface area contributed by atoms with Gasteiger partial charge in [-0.2, -0.15) is 5.10 Å². The number of hydrogen-bond acceptors (Lipinski definition) is 3. The molecule has 2 aromatic rings. The van der Waals surface area contributed by atoms with Crippen LogP contribution < -0.4 is 4.90 Å². The highest BCUT2D eigenvalue weighted by atomic mass is 16.2. The number of rotatable bonds is 4. The van der Waals surface area contributed by atoms with Crippen LogP contribution in [-0.2, 0) is 23.8 Å². The van der Waals surface area contributed by atoms with E-state index in [1.54, 1.807) is 0 Å². The van der Waals surface area contributed by atoms with Crippen molar-refractivity contribution in [1.82, 2.24) is 14.7 Å². The van der Waals surface area contributed by atoms with Gasteiger partial charge in [0.15, 0.2) is 0 Å². The van der Waals surface area contributed by atoms with E-state index in [4.69, 9.17) is 0 Å². The number of benzene rings is 1. The normalized spacial score (nSPS) is 26.0. The van der Waals surface area contributed by atoms with Crippen LogP contribution in [0.2, 0.25) is 0 Å². The van der Waals surface area contributed by atoms with Gasteiger partial charge in [-0.3, -0.25) is 14.4 Å². The topological polar surface area (TPSA) is 41.4 Å². The molecular formula is C20H24N4O. The summed E-state index contributed by atoms with van der Waals surface area (Å²) in [5.74, 6) is 1.04. The van der Waals surface area contributed by atoms with E-state index in [0.29, 0.717) is 11.8 Å². The molecule has 0 bridgehead atoms. The first-order valence-electron chi connectivity index (χ1n) is 9.27. The zero-order valence-corrected chi connectivity index (χ0v) is 14.7. The van der Waals surface area contributed by atoms with Crippen molar-refractivity contribution in [2.45, 2.75) is 31.2 Å². The Morgan fingerprint density at radius 3 is 2.88 bits per heavy atom. The molecule has 2 aliphatic heterocycles. The lowest BCUT2D eigenvalue weighted by molar-refractivity contribution is -0.122. The van der Waals surface area contributed by atoms with Gasteiger partial charge in [-0.1, -0.05) is 18.2 Å². The molecule has 130 valence electrons. The summed E-state index contributed by atoms with van der Waals surface area (Å²) < 4.78 is 1.84. The third-order valence-corrected chi connectivity index (χ3v) is 6.02. The minimum atomic E-state index is -0.340. The van der Waals surface area contributed by atoms with E-state index in [1.165, 1.54) is 24.0 Å². The number of carbonyl (C=O) groups excluding carboxylic acids is 1. The van der Waals surface area contributed by atoms with Crippen molar-refractivity contribution in [2.24, 2.45) is 13.0 Å². The molecule has 1 aliphatic carbocycles. The quantitative estimate of drug-likeness (QED) is 0.860. The first-order chi connectivity index (χ1) is 12.2. The van der Waals surface area contributed by atoms with E-state index >= 15 is 0 Å². The molecule has 1 spiro atoms. The molecule has 25 heavy (non-hydrogen) atoms. The Balaban J connectivity index is 1.43. The molecule has 1 unspecified atom stereocenters. The predicted molar refractivity (Wildman–Crippen MR) is 96.3 cm³/mol. The second-order valence-corrected chi connectivity index (χ2v) is 7.94. The van der Waals surface area contributed by atoms with E-state index in [2.05, 4.69) is 45.4 Å². The highest BCUT2D eigenvalue weighted by Crippen LogP contribution is 2.48. The monoisotopic (exact) mass is 336 g/mol. The molecule has 0 radical (unpaired) electrons. The largest absolute Gasteiger partial charge is 0.311 e. The lowest BCUT2D eigenvalue weighted by Gasteiger charge is -2.24. The predicted octanol–water partition coefficient (Wildman–Crippen LogP) is 2.32. The number of nitrogens with zero attached hydrogens (tertiary/aromatic N) is 4. The Hall–Kier alpha value is -2.14. The van der Waals surface area contributed by atoms with Crippen molar-refractivity contribution >= 4 is 11.6 Å². The number of fused-ring (bicyclic) bond motifs is 2. The van der Waals surface area contributed by atoms with E-state index in [9.17, 15) is 4.79 Å². The zero-order chi connectivity index (χ0) is 17.0. The Labute approximate surface area is 148 Å². The molecule has 5 heteroatoms. The van der Waals surface area contributed by atoms with Crippen molar-refractivity contribution in [1.29, 1.82) is 0 Å². The first-order valence-corrected chi connectivity index (χ1v) is 9.27. The molecule has 1 atom stereocenters. The summed E-state index contributed by atoms with van der Waals surface area (Å²) in [7, 11) is 1.95. The summed E-state index contributed by atoms with van der Waals surface area (Å²) in [4.78, 5) is 17.9. The van der Waals surface area contributed by atoms with Crippen molar-refractivity contribution < 1.29 is 4.79 Å². The number of para-hydroxylation sites is 1. The number of likely N-dealkylation sites (tertiary alicyclic amines) is 1. The lowest BCUT2D eigenvalue weighted by atomic mass is 9.81. The van der Waals surface area contributed by atoms with Gasteiger partial charge in [-0.25, -0.2) is 0 Å². The number of carbonyl (C=O) groups is 1. The number of aromatic nitrogens is 2. The molecule has 1 aromatic carbocycles. The SMILES string of the molecule is Cn1cc(CN2CCC3(C2)C(=O)N(CC2CC2)c2ccccc23)cn1. The molecular weight excluding hydrogens is 312 g/mol. The lowest BCUT2D eigenvalue weighted by Crippen LogP contribution is -2.43. The summed E-state index contributed by atoms with van der Waals surface area (Å²) >= 11 is 0. The van der Waals surface area contributed by atoms with Crippen LogP contribution in [0.3, 0.4) is 0 Å². The first kappa shape index (κ1) is 15.1. The standard InChI is InChI=1S/C20H24N4O/c1-22-11-16(10-21-22)12-23-9-8-20(14-23)17-4-2-3-5-18(17)24(19(20)25)13-15-6-7-15/h2-5,10-11,15H,6-9,12-14H2,1H3. The Bertz CT molecular complexity index is 825. The van der Waals surface area contributed by atoms with E-state index < -0.39 is 0 Å². The number of amides is 1. The van der Waals surface area contributed by atoms with Gasteiger partial charge in [-0.05, 0) is 43.4 Å². The van der Waals surface area contributed by atoms with Gasteiger partial charge in [0, 0.05) is 44.1 Å². The minimum absolute atomic E-state index is 0.328. The highest BCUT2D eigenvalue weighted by Gasteiger charge is 2.54. The molecule has 2 fully saturated rings. The second kappa shape index (κ2) is 5.43. The van der Waals surface area contributed by atoms with Crippen molar-refractivity contribution in [3.05, 3.63) is 47.8 Å². The van der Waals surface area contributed by atoms with Crippen molar-refractivity contribution in [3.8, 4) is 0 Å². The van der Waals surface area contributed by atoms with Gasteiger partial charge in [0.25, 0.3) is 0 Å². The zero-order valence-electron chi connectivity index (χ0n) is 14.7. The molecule has 1 saturated heterocycles. The van der Waals surface area contributed by atoms with Crippen molar-refractivity contribution in [3.63, 3.8) is 0 Å². The van der Waals surface area contributed by atoms with E-state index in [0.717, 1.165) is 38.3 Å². The van der Waals surface area contributed by atoms with Crippen LogP contribution in [0.1, 0.15) is 30.4 Å². The Morgan fingerprint density at radius 2 is 2.12 bits per heavy atom. The van der Waals surface area contributed by atoms with Gasteiger partial charge in [0.2, 0.25) is 5.91 Å².